The minimum Gasteiger partial charge on any atom is -0.466 e. The molecule has 0 spiro atoms. The standard InChI is InChI=1S/C64H125NO5/c1-3-5-7-9-11-13-15-17-19-20-21-22-23-24-25-26-29-32-36-40-44-48-52-56-62(67)61(60-66)65-63(68)57-53-49-45-41-37-33-30-27-28-31-35-39-43-47-51-55-59-70-64(69)58-54-50-46-42-38-34-18-16-14-12-10-8-6-4-2/h16,18,61-62,66-67H,3-15,17,19-60H2,1-2H3,(H,65,68)/b18-16-. The molecule has 0 aromatic rings. The van der Waals surface area contributed by atoms with Crippen LogP contribution in [0.2, 0.25) is 0 Å². The molecule has 0 aliphatic heterocycles. The lowest BCUT2D eigenvalue weighted by Gasteiger charge is -2.22. The van der Waals surface area contributed by atoms with Gasteiger partial charge in [0.15, 0.2) is 0 Å². The van der Waals surface area contributed by atoms with E-state index in [1.807, 2.05) is 0 Å². The molecular weight excluding hydrogens is 863 g/mol. The lowest BCUT2D eigenvalue weighted by molar-refractivity contribution is -0.143. The van der Waals surface area contributed by atoms with E-state index in [4.69, 9.17) is 4.74 Å². The second-order valence-corrected chi connectivity index (χ2v) is 22.1. The topological polar surface area (TPSA) is 95.9 Å². The van der Waals surface area contributed by atoms with Crippen LogP contribution in [0.15, 0.2) is 12.2 Å². The Morgan fingerprint density at radius 3 is 1.01 bits per heavy atom. The second kappa shape index (κ2) is 60.2. The van der Waals surface area contributed by atoms with Gasteiger partial charge in [-0.2, -0.15) is 0 Å². The zero-order chi connectivity index (χ0) is 50.7. The Bertz CT molecular complexity index is 1050. The Kier molecular flexibility index (Phi) is 59.0. The first kappa shape index (κ1) is 68.6. The van der Waals surface area contributed by atoms with Crippen molar-refractivity contribution in [2.75, 3.05) is 13.2 Å². The van der Waals surface area contributed by atoms with E-state index >= 15 is 0 Å². The van der Waals surface area contributed by atoms with Crippen molar-refractivity contribution in [3.63, 3.8) is 0 Å². The van der Waals surface area contributed by atoms with Crippen molar-refractivity contribution in [1.82, 2.24) is 5.32 Å². The van der Waals surface area contributed by atoms with Gasteiger partial charge in [-0.3, -0.25) is 9.59 Å². The summed E-state index contributed by atoms with van der Waals surface area (Å²) in [6, 6.07) is -0.547. The van der Waals surface area contributed by atoms with Gasteiger partial charge in [-0.15, -0.1) is 0 Å². The smallest absolute Gasteiger partial charge is 0.305 e. The maximum atomic E-state index is 12.5. The molecule has 1 amide bonds. The van der Waals surface area contributed by atoms with Gasteiger partial charge in [0.2, 0.25) is 5.91 Å². The molecular formula is C64H125NO5. The number of hydrogen-bond donors (Lipinski definition) is 3. The summed E-state index contributed by atoms with van der Waals surface area (Å²) < 4.78 is 5.47. The molecule has 2 atom stereocenters. The number of rotatable bonds is 60. The first-order chi connectivity index (χ1) is 34.5. The van der Waals surface area contributed by atoms with E-state index in [9.17, 15) is 19.8 Å². The third-order valence-corrected chi connectivity index (χ3v) is 15.1. The van der Waals surface area contributed by atoms with Crippen LogP contribution >= 0.6 is 0 Å². The van der Waals surface area contributed by atoms with Gasteiger partial charge in [-0.1, -0.05) is 309 Å². The van der Waals surface area contributed by atoms with E-state index in [-0.39, 0.29) is 18.5 Å². The van der Waals surface area contributed by atoms with Crippen molar-refractivity contribution in [3.8, 4) is 0 Å². The van der Waals surface area contributed by atoms with Gasteiger partial charge >= 0.3 is 5.97 Å². The molecule has 0 aromatic heterocycles. The number of aliphatic hydroxyl groups is 2. The second-order valence-electron chi connectivity index (χ2n) is 22.1. The third-order valence-electron chi connectivity index (χ3n) is 15.1. The molecule has 70 heavy (non-hydrogen) atoms. The number of allylic oxidation sites excluding steroid dienone is 2. The summed E-state index contributed by atoms with van der Waals surface area (Å²) in [5, 5.41) is 23.4. The number of carbonyl (C=O) groups excluding carboxylic acids is 2. The number of esters is 1. The summed E-state index contributed by atoms with van der Waals surface area (Å²) in [6.07, 6.45) is 72.2. The first-order valence-corrected chi connectivity index (χ1v) is 31.9. The van der Waals surface area contributed by atoms with Crippen LogP contribution in [-0.2, 0) is 14.3 Å². The normalized spacial score (nSPS) is 12.6. The molecule has 0 heterocycles. The highest BCUT2D eigenvalue weighted by molar-refractivity contribution is 5.76. The number of hydrogen-bond acceptors (Lipinski definition) is 5. The largest absolute Gasteiger partial charge is 0.466 e. The van der Waals surface area contributed by atoms with Crippen LogP contribution < -0.4 is 5.32 Å². The van der Waals surface area contributed by atoms with Crippen LogP contribution in [0.5, 0.6) is 0 Å². The minimum atomic E-state index is -0.670. The van der Waals surface area contributed by atoms with Crippen molar-refractivity contribution in [3.05, 3.63) is 12.2 Å². The molecule has 0 aromatic carbocycles. The fourth-order valence-electron chi connectivity index (χ4n) is 10.2. The highest BCUT2D eigenvalue weighted by atomic mass is 16.5. The maximum Gasteiger partial charge on any atom is 0.305 e. The van der Waals surface area contributed by atoms with Gasteiger partial charge in [0.25, 0.3) is 0 Å². The summed E-state index contributed by atoms with van der Waals surface area (Å²) in [4.78, 5) is 24.6. The van der Waals surface area contributed by atoms with Gasteiger partial charge in [0.1, 0.15) is 0 Å². The van der Waals surface area contributed by atoms with Gasteiger partial charge in [0, 0.05) is 12.8 Å². The fourth-order valence-corrected chi connectivity index (χ4v) is 10.2. The highest BCUT2D eigenvalue weighted by Gasteiger charge is 2.20. The van der Waals surface area contributed by atoms with Gasteiger partial charge in [-0.25, -0.2) is 0 Å². The van der Waals surface area contributed by atoms with Gasteiger partial charge < -0.3 is 20.3 Å². The van der Waals surface area contributed by atoms with E-state index in [1.54, 1.807) is 0 Å². The Hall–Kier alpha value is -1.40. The lowest BCUT2D eigenvalue weighted by atomic mass is 10.0. The average Bonchev–Trinajstić information content (AvgIpc) is 3.36. The number of carbonyl (C=O) groups is 2. The summed E-state index contributed by atoms with van der Waals surface area (Å²) >= 11 is 0. The van der Waals surface area contributed by atoms with Crippen LogP contribution in [0.4, 0.5) is 0 Å². The van der Waals surface area contributed by atoms with Crippen LogP contribution in [0.3, 0.4) is 0 Å². The van der Waals surface area contributed by atoms with E-state index in [0.29, 0.717) is 25.9 Å². The summed E-state index contributed by atoms with van der Waals surface area (Å²) in [5.41, 5.74) is 0. The summed E-state index contributed by atoms with van der Waals surface area (Å²) in [6.45, 7) is 4.96. The molecule has 416 valence electrons. The quantitative estimate of drug-likeness (QED) is 0.0321. The Labute approximate surface area is 438 Å². The number of unbranched alkanes of at least 4 members (excludes halogenated alkanes) is 47. The maximum absolute atomic E-state index is 12.5. The molecule has 0 aliphatic carbocycles. The molecule has 2 unspecified atom stereocenters. The Morgan fingerprint density at radius 1 is 0.386 bits per heavy atom. The highest BCUT2D eigenvalue weighted by Crippen LogP contribution is 2.18. The molecule has 0 aliphatic rings. The van der Waals surface area contributed by atoms with Crippen LogP contribution in [0.1, 0.15) is 361 Å². The van der Waals surface area contributed by atoms with E-state index < -0.39 is 12.1 Å². The third kappa shape index (κ3) is 55.9. The molecule has 0 bridgehead atoms. The molecule has 6 nitrogen and oxygen atoms in total. The molecule has 0 fully saturated rings. The molecule has 0 saturated carbocycles. The van der Waals surface area contributed by atoms with E-state index in [2.05, 4.69) is 31.3 Å². The van der Waals surface area contributed by atoms with Gasteiger partial charge in [-0.05, 0) is 51.4 Å². The molecule has 6 heteroatoms. The molecule has 0 rings (SSSR count). The SMILES string of the molecule is CCCCCCC/C=C\CCCCCCCC(=O)OCCCCCCCCCCCCCCCCCCC(=O)NC(CO)C(O)CCCCCCCCCCCCCCCCCCCCCCCCC. The summed E-state index contributed by atoms with van der Waals surface area (Å²) in [5.74, 6) is -0.0417. The lowest BCUT2D eigenvalue weighted by Crippen LogP contribution is -2.45. The predicted octanol–water partition coefficient (Wildman–Crippen LogP) is 20.0. The van der Waals surface area contributed by atoms with Gasteiger partial charge in [0.05, 0.1) is 25.4 Å². The number of nitrogens with one attached hydrogen (secondary N) is 1. The zero-order valence-electron chi connectivity index (χ0n) is 47.5. The monoisotopic (exact) mass is 988 g/mol. The Balaban J connectivity index is 3.42. The van der Waals surface area contributed by atoms with Crippen molar-refractivity contribution >= 4 is 11.9 Å². The minimum absolute atomic E-state index is 0.00412. The Morgan fingerprint density at radius 2 is 0.671 bits per heavy atom. The average molecular weight is 989 g/mol. The van der Waals surface area contributed by atoms with Crippen LogP contribution in [0.25, 0.3) is 0 Å². The van der Waals surface area contributed by atoms with Crippen molar-refractivity contribution in [1.29, 1.82) is 0 Å². The predicted molar refractivity (Wildman–Crippen MR) is 306 cm³/mol. The first-order valence-electron chi connectivity index (χ1n) is 31.9. The van der Waals surface area contributed by atoms with E-state index in [0.717, 1.165) is 44.9 Å². The van der Waals surface area contributed by atoms with Crippen molar-refractivity contribution in [2.45, 2.75) is 373 Å². The fraction of sp³-hybridized carbons (Fsp3) is 0.938. The summed E-state index contributed by atoms with van der Waals surface area (Å²) in [7, 11) is 0. The molecule has 3 N–H and O–H groups in total. The molecule has 0 radical (unpaired) electrons. The van der Waals surface area contributed by atoms with Crippen LogP contribution in [-0.4, -0.2) is 47.4 Å². The number of amides is 1. The van der Waals surface area contributed by atoms with Crippen LogP contribution in [0, 0.1) is 0 Å². The number of aliphatic hydroxyl groups excluding tert-OH is 2. The van der Waals surface area contributed by atoms with E-state index in [1.165, 1.54) is 283 Å². The molecule has 0 saturated heterocycles. The zero-order valence-corrected chi connectivity index (χ0v) is 47.5. The number of ether oxygens (including phenoxy) is 1. The van der Waals surface area contributed by atoms with Crippen molar-refractivity contribution in [2.24, 2.45) is 0 Å². The van der Waals surface area contributed by atoms with Crippen molar-refractivity contribution < 1.29 is 24.5 Å².